The van der Waals surface area contributed by atoms with Gasteiger partial charge >= 0.3 is 0 Å². The second kappa shape index (κ2) is 18.7. The molecule has 4 fully saturated rings. The highest BCUT2D eigenvalue weighted by atomic mass is 16.5. The molecule has 1 aliphatic heterocycles. The van der Waals surface area contributed by atoms with E-state index in [1.165, 1.54) is 104 Å². The zero-order chi connectivity index (χ0) is 53.9. The number of rotatable bonds is 10. The van der Waals surface area contributed by atoms with Crippen molar-refractivity contribution in [1.82, 2.24) is 19.1 Å². The number of hydrogen-bond donors (Lipinski definition) is 0. The van der Waals surface area contributed by atoms with Crippen molar-refractivity contribution in [1.29, 1.82) is 0 Å². The molecule has 4 bridgehead atoms. The lowest BCUT2D eigenvalue weighted by Crippen LogP contribution is -2.56. The maximum absolute atomic E-state index is 6.97. The van der Waals surface area contributed by atoms with Gasteiger partial charge in [-0.15, -0.1) is 0 Å². The average Bonchev–Trinajstić information content (AvgIpc) is 1.51. The summed E-state index contributed by atoms with van der Waals surface area (Å²) in [5.74, 6) is 6.11. The number of aromatic nitrogens is 4. The van der Waals surface area contributed by atoms with Crippen LogP contribution < -0.4 is 14.5 Å². The summed E-state index contributed by atoms with van der Waals surface area (Å²) in [6, 6.07) is 88.3. The predicted molar refractivity (Wildman–Crippen MR) is 334 cm³/mol. The van der Waals surface area contributed by atoms with E-state index in [0.717, 1.165) is 63.1 Å². The molecule has 394 valence electrons. The largest absolute Gasteiger partial charge is 0.457 e. The lowest BCUT2D eigenvalue weighted by atomic mass is 9.42. The van der Waals surface area contributed by atoms with E-state index in [0.29, 0.717) is 18.5 Å². The number of benzene rings is 9. The van der Waals surface area contributed by atoms with Gasteiger partial charge in [-0.1, -0.05) is 152 Å². The maximum atomic E-state index is 6.97. The van der Waals surface area contributed by atoms with E-state index in [1.807, 2.05) is 12.3 Å². The zero-order valence-corrected chi connectivity index (χ0v) is 45.4. The summed E-state index contributed by atoms with van der Waals surface area (Å²) in [7, 11) is 0. The van der Waals surface area contributed by atoms with Gasteiger partial charge in [0, 0.05) is 74.0 Å². The average molecular weight is 1060 g/mol. The van der Waals surface area contributed by atoms with E-state index < -0.39 is 0 Å². The first kappa shape index (κ1) is 47.1. The van der Waals surface area contributed by atoms with Gasteiger partial charge in [-0.2, -0.15) is 0 Å². The predicted octanol–water partition coefficient (Wildman–Crippen LogP) is 18.8. The molecular weight excluding hydrogens is 1000 g/mol. The molecule has 9 aromatic carbocycles. The van der Waals surface area contributed by atoms with Gasteiger partial charge in [0.15, 0.2) is 5.82 Å². The molecule has 4 saturated carbocycles. The number of fused-ring (bicyclic) bond motifs is 7. The van der Waals surface area contributed by atoms with Crippen molar-refractivity contribution in [2.24, 2.45) is 23.7 Å². The molecule has 0 amide bonds. The van der Waals surface area contributed by atoms with Crippen LogP contribution in [0.3, 0.4) is 0 Å². The van der Waals surface area contributed by atoms with Gasteiger partial charge in [0.25, 0.3) is 0 Å². The minimum Gasteiger partial charge on any atom is -0.457 e. The SMILES string of the molecule is c1ccc(-c2cccc(-c3ccccc3)c2N2CN(c3cccc(Oc4ccc5c6ccccc6n(-c6cc(C7(c8ccc(-n9c%10ccccc%10c%10ccccc%109)cc8)C8CC9CC(C8)CC7C9)ccn6)c5c4)c3)c3ncccc32)cc1. The highest BCUT2D eigenvalue weighted by molar-refractivity contribution is 6.10. The third-order valence-electron chi connectivity index (χ3n) is 19.1. The van der Waals surface area contributed by atoms with Crippen LogP contribution in [0.2, 0.25) is 0 Å². The molecule has 0 radical (unpaired) electrons. The summed E-state index contributed by atoms with van der Waals surface area (Å²) >= 11 is 0. The van der Waals surface area contributed by atoms with Crippen LogP contribution in [0.1, 0.15) is 43.2 Å². The number of para-hydroxylation sites is 4. The van der Waals surface area contributed by atoms with Crippen molar-refractivity contribution in [3.63, 3.8) is 0 Å². The zero-order valence-electron chi connectivity index (χ0n) is 45.4. The molecule has 4 aliphatic carbocycles. The molecule has 7 nitrogen and oxygen atoms in total. The fraction of sp³-hybridized carbons (Fsp3) is 0.147. The monoisotopic (exact) mass is 1060 g/mol. The third kappa shape index (κ3) is 7.28. The normalized spacial score (nSPS) is 19.9. The molecular formula is C75H58N6O. The van der Waals surface area contributed by atoms with Crippen LogP contribution in [0.15, 0.2) is 255 Å². The number of nitrogens with zero attached hydrogens (tertiary/aromatic N) is 6. The Balaban J connectivity index is 0.737. The summed E-state index contributed by atoms with van der Waals surface area (Å²) in [5, 5.41) is 4.93. The van der Waals surface area contributed by atoms with Crippen molar-refractivity contribution < 1.29 is 4.74 Å². The standard InChI is InChI=1S/C75H58N6O/c1-3-16-51(17-4-1)61-25-14-26-62(52-18-5-2-6-19-52)73(61)79-48-78(74-70(79)30-15-38-77-74)58-20-13-21-59(46-58)82-60-35-36-66-65-24-9-12-29-69(65)81(71(66)47-60)72-45-54(37-39-76-72)75(55-41-49-40-50(43-55)44-56(75)42-49)53-31-33-57(34-32-53)80-67-27-10-7-22-63(67)64-23-8-11-28-68(64)80/h1-39,45-47,49-50,55-56H,40-44,48H2. The van der Waals surface area contributed by atoms with Crippen molar-refractivity contribution in [2.45, 2.75) is 37.5 Å². The van der Waals surface area contributed by atoms with E-state index in [1.54, 1.807) is 0 Å². The third-order valence-corrected chi connectivity index (χ3v) is 19.1. The number of pyridine rings is 2. The van der Waals surface area contributed by atoms with Crippen LogP contribution in [-0.2, 0) is 5.41 Å². The van der Waals surface area contributed by atoms with Gasteiger partial charge in [0.2, 0.25) is 0 Å². The molecule has 7 heteroatoms. The Hall–Kier alpha value is -9.72. The van der Waals surface area contributed by atoms with Crippen molar-refractivity contribution in [2.75, 3.05) is 16.5 Å². The molecule has 5 aliphatic rings. The molecule has 82 heavy (non-hydrogen) atoms. The van der Waals surface area contributed by atoms with Crippen molar-refractivity contribution >= 4 is 66.5 Å². The van der Waals surface area contributed by atoms with E-state index in [4.69, 9.17) is 14.7 Å². The van der Waals surface area contributed by atoms with Gasteiger partial charge in [-0.25, -0.2) is 9.97 Å². The maximum Gasteiger partial charge on any atom is 0.158 e. The Labute approximate surface area is 477 Å². The highest BCUT2D eigenvalue weighted by Crippen LogP contribution is 2.65. The Morgan fingerprint density at radius 1 is 0.390 bits per heavy atom. The molecule has 0 unspecified atom stereocenters. The van der Waals surface area contributed by atoms with Crippen LogP contribution in [0.25, 0.3) is 77.4 Å². The van der Waals surface area contributed by atoms with Crippen LogP contribution in [0.5, 0.6) is 11.5 Å². The highest BCUT2D eigenvalue weighted by Gasteiger charge is 2.58. The summed E-state index contributed by atoms with van der Waals surface area (Å²) in [6.07, 6.45) is 10.5. The lowest BCUT2D eigenvalue weighted by molar-refractivity contribution is -0.0418. The Morgan fingerprint density at radius 2 is 0.976 bits per heavy atom. The smallest absolute Gasteiger partial charge is 0.158 e. The summed E-state index contributed by atoms with van der Waals surface area (Å²) in [4.78, 5) is 15.1. The van der Waals surface area contributed by atoms with Gasteiger partial charge < -0.3 is 19.1 Å². The van der Waals surface area contributed by atoms with Gasteiger partial charge in [-0.3, -0.25) is 4.57 Å². The second-order valence-corrected chi connectivity index (χ2v) is 23.4. The van der Waals surface area contributed by atoms with Gasteiger partial charge in [-0.05, 0) is 157 Å². The molecule has 4 aromatic heterocycles. The molecule has 0 atom stereocenters. The van der Waals surface area contributed by atoms with Gasteiger partial charge in [0.05, 0.1) is 33.4 Å². The van der Waals surface area contributed by atoms with E-state index in [-0.39, 0.29) is 5.41 Å². The quantitative estimate of drug-likeness (QED) is 0.137. The van der Waals surface area contributed by atoms with Crippen molar-refractivity contribution in [3.8, 4) is 45.3 Å². The molecule has 0 saturated heterocycles. The molecule has 13 aromatic rings. The fourth-order valence-corrected chi connectivity index (χ4v) is 16.1. The van der Waals surface area contributed by atoms with Crippen LogP contribution in [0, 0.1) is 23.7 Å². The van der Waals surface area contributed by atoms with Crippen LogP contribution >= 0.6 is 0 Å². The Morgan fingerprint density at radius 3 is 1.63 bits per heavy atom. The molecule has 0 N–H and O–H groups in total. The second-order valence-electron chi connectivity index (χ2n) is 23.4. The van der Waals surface area contributed by atoms with Crippen LogP contribution in [0.4, 0.5) is 22.9 Å². The number of hydrogen-bond acceptors (Lipinski definition) is 5. The van der Waals surface area contributed by atoms with E-state index >= 15 is 0 Å². The lowest BCUT2D eigenvalue weighted by Gasteiger charge is -2.62. The minimum absolute atomic E-state index is 0.125. The van der Waals surface area contributed by atoms with E-state index in [2.05, 4.69) is 262 Å². The van der Waals surface area contributed by atoms with E-state index in [9.17, 15) is 0 Å². The topological polar surface area (TPSA) is 51.4 Å². The van der Waals surface area contributed by atoms with Crippen molar-refractivity contribution in [3.05, 3.63) is 266 Å². The Bertz CT molecular complexity index is 4480. The first-order chi connectivity index (χ1) is 40.6. The summed E-state index contributed by atoms with van der Waals surface area (Å²) in [5.41, 5.74) is 16.4. The molecule has 18 rings (SSSR count). The number of anilines is 4. The minimum atomic E-state index is -0.125. The Kier molecular flexibility index (Phi) is 10.7. The fourth-order valence-electron chi connectivity index (χ4n) is 16.1. The van der Waals surface area contributed by atoms with Gasteiger partial charge in [0.1, 0.15) is 24.0 Å². The summed E-state index contributed by atoms with van der Waals surface area (Å²) in [6.45, 7) is 0.565. The number of ether oxygens (including phenoxy) is 1. The first-order valence-corrected chi connectivity index (χ1v) is 29.2. The molecule has 5 heterocycles. The van der Waals surface area contributed by atoms with Crippen LogP contribution in [-0.4, -0.2) is 25.8 Å². The first-order valence-electron chi connectivity index (χ1n) is 29.2. The molecule has 0 spiro atoms. The summed E-state index contributed by atoms with van der Waals surface area (Å²) < 4.78 is 11.8.